The van der Waals surface area contributed by atoms with Crippen molar-refractivity contribution in [3.8, 4) is 0 Å². The van der Waals surface area contributed by atoms with Crippen molar-refractivity contribution in [2.75, 3.05) is 39.4 Å². The molecule has 0 aromatic heterocycles. The molecule has 2 atom stereocenters. The maximum Gasteiger partial charge on any atom is 0.223 e. The molecule has 0 bridgehead atoms. The third-order valence-electron chi connectivity index (χ3n) is 4.86. The summed E-state index contributed by atoms with van der Waals surface area (Å²) in [5, 5.41) is 3.15. The van der Waals surface area contributed by atoms with Crippen LogP contribution in [0.5, 0.6) is 0 Å². The van der Waals surface area contributed by atoms with Gasteiger partial charge in [0, 0.05) is 31.1 Å². The molecular formula is C15H31Cl2N3O2. The Morgan fingerprint density at radius 1 is 1.27 bits per heavy atom. The van der Waals surface area contributed by atoms with Crippen LogP contribution in [0.3, 0.4) is 0 Å². The third kappa shape index (κ3) is 5.53. The molecule has 3 N–H and O–H groups in total. The highest BCUT2D eigenvalue weighted by Crippen LogP contribution is 2.31. The van der Waals surface area contributed by atoms with Crippen LogP contribution >= 0.6 is 24.8 Å². The lowest BCUT2D eigenvalue weighted by atomic mass is 9.94. The second-order valence-electron chi connectivity index (χ2n) is 6.66. The molecule has 1 amide bonds. The molecule has 0 radical (unpaired) electrons. The molecule has 2 rings (SSSR count). The molecule has 1 heterocycles. The van der Waals surface area contributed by atoms with E-state index in [0.717, 1.165) is 45.6 Å². The highest BCUT2D eigenvalue weighted by molar-refractivity contribution is 5.85. The molecule has 1 aliphatic heterocycles. The summed E-state index contributed by atoms with van der Waals surface area (Å²) in [7, 11) is 0. The van der Waals surface area contributed by atoms with Gasteiger partial charge < -0.3 is 15.8 Å². The van der Waals surface area contributed by atoms with Crippen LogP contribution in [0.2, 0.25) is 0 Å². The molecule has 2 fully saturated rings. The molecular weight excluding hydrogens is 325 g/mol. The van der Waals surface area contributed by atoms with Crippen LogP contribution in [0.25, 0.3) is 0 Å². The zero-order valence-corrected chi connectivity index (χ0v) is 15.3. The summed E-state index contributed by atoms with van der Waals surface area (Å²) >= 11 is 0. The summed E-state index contributed by atoms with van der Waals surface area (Å²) in [6, 6.07) is 0. The maximum absolute atomic E-state index is 12.3. The van der Waals surface area contributed by atoms with E-state index in [0.29, 0.717) is 19.0 Å². The van der Waals surface area contributed by atoms with Crippen LogP contribution in [-0.4, -0.2) is 55.7 Å². The summed E-state index contributed by atoms with van der Waals surface area (Å²) in [4.78, 5) is 14.7. The maximum atomic E-state index is 12.3. The van der Waals surface area contributed by atoms with Crippen molar-refractivity contribution in [3.63, 3.8) is 0 Å². The molecule has 7 heteroatoms. The van der Waals surface area contributed by atoms with Crippen LogP contribution in [0.4, 0.5) is 0 Å². The fraction of sp³-hybridized carbons (Fsp3) is 0.933. The first-order valence-electron chi connectivity index (χ1n) is 7.85. The Balaban J connectivity index is 0.00000220. The van der Waals surface area contributed by atoms with E-state index in [1.54, 1.807) is 0 Å². The number of hydrogen-bond donors (Lipinski definition) is 2. The van der Waals surface area contributed by atoms with Crippen LogP contribution < -0.4 is 11.1 Å². The zero-order chi connectivity index (χ0) is 14.6. The number of hydrogen-bond acceptors (Lipinski definition) is 4. The fourth-order valence-corrected chi connectivity index (χ4v) is 3.38. The predicted octanol–water partition coefficient (Wildman–Crippen LogP) is 1.43. The number of carbonyl (C=O) groups excluding carboxylic acids is 1. The molecule has 0 spiro atoms. The molecule has 1 saturated carbocycles. The standard InChI is InChI=1S/C15H29N3O2.2ClH/c1-15(2,18-6-8-20-9-7-18)11-17-14(19)13-5-3-4-12(13)10-16;;/h12-13H,3-11,16H2,1-2H3,(H,17,19);2*1H/t12-,13-;;/m1../s1. The number of morpholine rings is 1. The Morgan fingerprint density at radius 3 is 2.50 bits per heavy atom. The lowest BCUT2D eigenvalue weighted by Gasteiger charge is -2.41. The Kier molecular flexibility index (Phi) is 9.90. The molecule has 1 aliphatic carbocycles. The predicted molar refractivity (Wildman–Crippen MR) is 93.9 cm³/mol. The summed E-state index contributed by atoms with van der Waals surface area (Å²) in [5.74, 6) is 0.696. The molecule has 0 aromatic rings. The molecule has 2 aliphatic rings. The van der Waals surface area contributed by atoms with E-state index >= 15 is 0 Å². The lowest BCUT2D eigenvalue weighted by molar-refractivity contribution is -0.126. The third-order valence-corrected chi connectivity index (χ3v) is 4.86. The van der Waals surface area contributed by atoms with Gasteiger partial charge in [0.05, 0.1) is 13.2 Å². The van der Waals surface area contributed by atoms with Crippen molar-refractivity contribution in [1.82, 2.24) is 10.2 Å². The number of nitrogens with zero attached hydrogens (tertiary/aromatic N) is 1. The minimum Gasteiger partial charge on any atom is -0.379 e. The number of nitrogens with one attached hydrogen (secondary N) is 1. The molecule has 132 valence electrons. The van der Waals surface area contributed by atoms with Crippen LogP contribution in [0.1, 0.15) is 33.1 Å². The van der Waals surface area contributed by atoms with Crippen molar-refractivity contribution in [2.45, 2.75) is 38.6 Å². The summed E-state index contributed by atoms with van der Waals surface area (Å²) < 4.78 is 5.39. The van der Waals surface area contributed by atoms with E-state index in [2.05, 4.69) is 24.1 Å². The highest BCUT2D eigenvalue weighted by atomic mass is 35.5. The topological polar surface area (TPSA) is 67.6 Å². The van der Waals surface area contributed by atoms with Gasteiger partial charge in [-0.25, -0.2) is 0 Å². The minimum atomic E-state index is -0.0176. The van der Waals surface area contributed by atoms with E-state index in [-0.39, 0.29) is 42.2 Å². The average Bonchev–Trinajstić information content (AvgIpc) is 2.94. The largest absolute Gasteiger partial charge is 0.379 e. The summed E-state index contributed by atoms with van der Waals surface area (Å²) in [6.07, 6.45) is 3.22. The second-order valence-corrected chi connectivity index (χ2v) is 6.66. The van der Waals surface area contributed by atoms with E-state index in [1.807, 2.05) is 0 Å². The average molecular weight is 356 g/mol. The number of halogens is 2. The van der Waals surface area contributed by atoms with Gasteiger partial charge in [-0.3, -0.25) is 9.69 Å². The summed E-state index contributed by atoms with van der Waals surface area (Å²) in [5.41, 5.74) is 5.74. The van der Waals surface area contributed by atoms with E-state index in [1.165, 1.54) is 0 Å². The van der Waals surface area contributed by atoms with Gasteiger partial charge in [-0.05, 0) is 39.2 Å². The Labute approximate surface area is 146 Å². The Hall–Kier alpha value is -0.0700. The lowest BCUT2D eigenvalue weighted by Crippen LogP contribution is -2.56. The van der Waals surface area contributed by atoms with Crippen LogP contribution in [0.15, 0.2) is 0 Å². The van der Waals surface area contributed by atoms with Gasteiger partial charge in [-0.15, -0.1) is 24.8 Å². The van der Waals surface area contributed by atoms with Gasteiger partial charge in [0.25, 0.3) is 0 Å². The Morgan fingerprint density at radius 2 is 1.91 bits per heavy atom. The van der Waals surface area contributed by atoms with Crippen molar-refractivity contribution >= 4 is 30.7 Å². The number of amides is 1. The van der Waals surface area contributed by atoms with Crippen LogP contribution in [0, 0.1) is 11.8 Å². The van der Waals surface area contributed by atoms with Crippen LogP contribution in [-0.2, 0) is 9.53 Å². The smallest absolute Gasteiger partial charge is 0.223 e. The highest BCUT2D eigenvalue weighted by Gasteiger charge is 2.34. The van der Waals surface area contributed by atoms with E-state index < -0.39 is 0 Å². The van der Waals surface area contributed by atoms with Gasteiger partial charge in [-0.2, -0.15) is 0 Å². The van der Waals surface area contributed by atoms with E-state index in [4.69, 9.17) is 10.5 Å². The number of nitrogens with two attached hydrogens (primary N) is 1. The van der Waals surface area contributed by atoms with Gasteiger partial charge in [0.15, 0.2) is 0 Å². The molecule has 1 saturated heterocycles. The molecule has 0 unspecified atom stereocenters. The van der Waals surface area contributed by atoms with Crippen molar-refractivity contribution in [1.29, 1.82) is 0 Å². The molecule has 5 nitrogen and oxygen atoms in total. The van der Waals surface area contributed by atoms with Crippen molar-refractivity contribution < 1.29 is 9.53 Å². The molecule has 0 aromatic carbocycles. The van der Waals surface area contributed by atoms with Crippen molar-refractivity contribution in [3.05, 3.63) is 0 Å². The number of ether oxygens (including phenoxy) is 1. The minimum absolute atomic E-state index is 0. The quantitative estimate of drug-likeness (QED) is 0.782. The second kappa shape index (κ2) is 9.93. The monoisotopic (exact) mass is 355 g/mol. The number of rotatable bonds is 5. The Bertz CT molecular complexity index is 337. The SMILES string of the molecule is CC(C)(CNC(=O)[C@@H]1CCC[C@@H]1CN)N1CCOCC1.Cl.Cl. The molecule has 22 heavy (non-hydrogen) atoms. The van der Waals surface area contributed by atoms with Gasteiger partial charge >= 0.3 is 0 Å². The van der Waals surface area contributed by atoms with Gasteiger partial charge in [-0.1, -0.05) is 6.42 Å². The number of carbonyl (C=O) groups is 1. The van der Waals surface area contributed by atoms with Gasteiger partial charge in [0.2, 0.25) is 5.91 Å². The zero-order valence-electron chi connectivity index (χ0n) is 13.7. The van der Waals surface area contributed by atoms with Gasteiger partial charge in [0.1, 0.15) is 0 Å². The first-order valence-corrected chi connectivity index (χ1v) is 7.85. The van der Waals surface area contributed by atoms with E-state index in [9.17, 15) is 4.79 Å². The normalized spacial score (nSPS) is 26.0. The fourth-order valence-electron chi connectivity index (χ4n) is 3.38. The first-order chi connectivity index (χ1) is 9.54. The van der Waals surface area contributed by atoms with Crippen molar-refractivity contribution in [2.24, 2.45) is 17.6 Å². The summed E-state index contributed by atoms with van der Waals surface area (Å²) in [6.45, 7) is 9.16. The first kappa shape index (κ1) is 21.9.